The molecule has 1 fully saturated rings. The van der Waals surface area contributed by atoms with Crippen LogP contribution < -0.4 is 0 Å². The van der Waals surface area contributed by atoms with E-state index in [0.717, 1.165) is 0 Å². The third kappa shape index (κ3) is 2.75. The second-order valence-corrected chi connectivity index (χ2v) is 3.47. The maximum absolute atomic E-state index is 13.1. The van der Waals surface area contributed by atoms with Gasteiger partial charge in [-0.2, -0.15) is 8.78 Å². The Balaban J connectivity index is 2.54. The molecule has 14 heavy (non-hydrogen) atoms. The highest BCUT2D eigenvalue weighted by Crippen LogP contribution is 2.24. The van der Waals surface area contributed by atoms with Crippen molar-refractivity contribution in [2.24, 2.45) is 5.92 Å². The van der Waals surface area contributed by atoms with Gasteiger partial charge in [0.15, 0.2) is 0 Å². The van der Waals surface area contributed by atoms with Gasteiger partial charge >= 0.3 is 0 Å². The van der Waals surface area contributed by atoms with Crippen molar-refractivity contribution in [2.45, 2.75) is 19.0 Å². The molecule has 0 radical (unpaired) electrons. The van der Waals surface area contributed by atoms with Crippen LogP contribution >= 0.6 is 0 Å². The number of carbonyl (C=O) groups excluding carboxylic acids is 1. The quantitative estimate of drug-likeness (QED) is 0.678. The SMILES string of the molecule is CN1CCC(C(F)C=C(F)F)CC1=O. The minimum Gasteiger partial charge on any atom is -0.346 e. The first-order valence-electron chi connectivity index (χ1n) is 4.41. The van der Waals surface area contributed by atoms with Gasteiger partial charge in [0.1, 0.15) is 6.17 Å². The van der Waals surface area contributed by atoms with Gasteiger partial charge in [-0.05, 0) is 6.42 Å². The summed E-state index contributed by atoms with van der Waals surface area (Å²) in [5.74, 6) is -0.781. The molecule has 2 unspecified atom stereocenters. The van der Waals surface area contributed by atoms with Crippen molar-refractivity contribution < 1.29 is 18.0 Å². The van der Waals surface area contributed by atoms with Crippen LogP contribution in [-0.4, -0.2) is 30.6 Å². The van der Waals surface area contributed by atoms with Crippen LogP contribution in [0.3, 0.4) is 0 Å². The fraction of sp³-hybridized carbons (Fsp3) is 0.667. The molecule has 0 bridgehead atoms. The second kappa shape index (κ2) is 4.48. The second-order valence-electron chi connectivity index (χ2n) is 3.47. The molecule has 0 aromatic carbocycles. The predicted octanol–water partition coefficient (Wildman–Crippen LogP) is 1.97. The molecule has 5 heteroatoms. The highest BCUT2D eigenvalue weighted by atomic mass is 19.3. The number of halogens is 3. The molecule has 1 amide bonds. The molecule has 0 spiro atoms. The molecule has 0 saturated carbocycles. The lowest BCUT2D eigenvalue weighted by Crippen LogP contribution is -2.38. The third-order valence-corrected chi connectivity index (χ3v) is 2.43. The summed E-state index contributed by atoms with van der Waals surface area (Å²) in [6.45, 7) is 0.436. The number of piperidine rings is 1. The topological polar surface area (TPSA) is 20.3 Å². The largest absolute Gasteiger partial charge is 0.346 e. The molecule has 2 nitrogen and oxygen atoms in total. The van der Waals surface area contributed by atoms with E-state index in [1.807, 2.05) is 0 Å². The molecule has 0 N–H and O–H groups in total. The van der Waals surface area contributed by atoms with Crippen LogP contribution in [0.5, 0.6) is 0 Å². The molecule has 0 aromatic heterocycles. The van der Waals surface area contributed by atoms with Crippen LogP contribution in [0.2, 0.25) is 0 Å². The Bertz CT molecular complexity index is 250. The highest BCUT2D eigenvalue weighted by molar-refractivity contribution is 5.76. The van der Waals surface area contributed by atoms with Gasteiger partial charge in [0.2, 0.25) is 5.91 Å². The zero-order valence-electron chi connectivity index (χ0n) is 7.84. The van der Waals surface area contributed by atoms with Gasteiger partial charge in [-0.15, -0.1) is 0 Å². The van der Waals surface area contributed by atoms with Crippen LogP contribution in [0.15, 0.2) is 12.2 Å². The molecule has 1 rings (SSSR count). The van der Waals surface area contributed by atoms with E-state index in [9.17, 15) is 18.0 Å². The van der Waals surface area contributed by atoms with Crippen molar-refractivity contribution >= 4 is 5.91 Å². The Morgan fingerprint density at radius 3 is 2.79 bits per heavy atom. The fourth-order valence-electron chi connectivity index (χ4n) is 1.49. The molecule has 2 atom stereocenters. The van der Waals surface area contributed by atoms with Crippen molar-refractivity contribution in [3.63, 3.8) is 0 Å². The molecular weight excluding hydrogens is 195 g/mol. The highest BCUT2D eigenvalue weighted by Gasteiger charge is 2.29. The average Bonchev–Trinajstić information content (AvgIpc) is 2.08. The van der Waals surface area contributed by atoms with Crippen LogP contribution in [0.4, 0.5) is 13.2 Å². The van der Waals surface area contributed by atoms with Gasteiger partial charge in [0, 0.05) is 32.0 Å². The number of allylic oxidation sites excluding steroid dienone is 1. The number of hydrogen-bond donors (Lipinski definition) is 0. The standard InChI is InChI=1S/C9H12F3NO/c1-13-3-2-6(4-9(13)14)7(10)5-8(11)12/h5-7H,2-4H2,1H3. The zero-order valence-corrected chi connectivity index (χ0v) is 7.84. The van der Waals surface area contributed by atoms with E-state index in [-0.39, 0.29) is 18.4 Å². The lowest BCUT2D eigenvalue weighted by atomic mass is 9.92. The monoisotopic (exact) mass is 207 g/mol. The zero-order chi connectivity index (χ0) is 10.7. The van der Waals surface area contributed by atoms with E-state index >= 15 is 0 Å². The van der Waals surface area contributed by atoms with E-state index in [1.165, 1.54) is 4.90 Å². The first kappa shape index (κ1) is 11.1. The number of likely N-dealkylation sites (tertiary alicyclic amines) is 1. The van der Waals surface area contributed by atoms with Gasteiger partial charge in [-0.3, -0.25) is 4.79 Å². The molecule has 0 aliphatic carbocycles. The summed E-state index contributed by atoms with van der Waals surface area (Å²) < 4.78 is 36.6. The smallest absolute Gasteiger partial charge is 0.269 e. The summed E-state index contributed by atoms with van der Waals surface area (Å²) in [6, 6.07) is 0. The molecule has 1 saturated heterocycles. The Morgan fingerprint density at radius 1 is 1.64 bits per heavy atom. The molecule has 1 heterocycles. The van der Waals surface area contributed by atoms with Crippen molar-refractivity contribution in [3.05, 3.63) is 12.2 Å². The van der Waals surface area contributed by atoms with Crippen molar-refractivity contribution in [1.29, 1.82) is 0 Å². The summed E-state index contributed by atoms with van der Waals surface area (Å²) in [7, 11) is 1.62. The Labute approximate surface area is 80.4 Å². The van der Waals surface area contributed by atoms with E-state index < -0.39 is 18.2 Å². The molecule has 1 aliphatic heterocycles. The van der Waals surface area contributed by atoms with Gasteiger partial charge < -0.3 is 4.90 Å². The van der Waals surface area contributed by atoms with Crippen molar-refractivity contribution in [3.8, 4) is 0 Å². The number of carbonyl (C=O) groups is 1. The van der Waals surface area contributed by atoms with E-state index in [4.69, 9.17) is 0 Å². The summed E-state index contributed by atoms with van der Waals surface area (Å²) in [5.41, 5.74) is 0. The molecule has 80 valence electrons. The van der Waals surface area contributed by atoms with Gasteiger partial charge in [-0.25, -0.2) is 4.39 Å². The molecule has 0 aromatic rings. The summed E-state index contributed by atoms with van der Waals surface area (Å²) in [4.78, 5) is 12.6. The summed E-state index contributed by atoms with van der Waals surface area (Å²) >= 11 is 0. The van der Waals surface area contributed by atoms with E-state index in [2.05, 4.69) is 0 Å². The lowest BCUT2D eigenvalue weighted by molar-refractivity contribution is -0.134. The Hall–Kier alpha value is -1.00. The molecular formula is C9H12F3NO. The maximum atomic E-state index is 13.1. The predicted molar refractivity (Wildman–Crippen MR) is 45.6 cm³/mol. The van der Waals surface area contributed by atoms with Crippen LogP contribution in [-0.2, 0) is 4.79 Å². The summed E-state index contributed by atoms with van der Waals surface area (Å²) in [5, 5.41) is 0. The van der Waals surface area contributed by atoms with Crippen molar-refractivity contribution in [1.82, 2.24) is 4.90 Å². The van der Waals surface area contributed by atoms with Gasteiger partial charge in [-0.1, -0.05) is 0 Å². The van der Waals surface area contributed by atoms with Crippen molar-refractivity contribution in [2.75, 3.05) is 13.6 Å². The van der Waals surface area contributed by atoms with E-state index in [1.54, 1.807) is 7.05 Å². The minimum absolute atomic E-state index is 0.0153. The number of rotatable bonds is 2. The first-order chi connectivity index (χ1) is 6.50. The third-order valence-electron chi connectivity index (χ3n) is 2.43. The molecule has 1 aliphatic rings. The number of amides is 1. The lowest BCUT2D eigenvalue weighted by Gasteiger charge is -2.29. The first-order valence-corrected chi connectivity index (χ1v) is 4.41. The summed E-state index contributed by atoms with van der Waals surface area (Å²) in [6.07, 6.45) is -3.00. The fourth-order valence-corrected chi connectivity index (χ4v) is 1.49. The number of nitrogens with zero attached hydrogens (tertiary/aromatic N) is 1. The number of alkyl halides is 1. The van der Waals surface area contributed by atoms with Crippen LogP contribution in [0, 0.1) is 5.92 Å². The average molecular weight is 207 g/mol. The van der Waals surface area contributed by atoms with Crippen LogP contribution in [0.25, 0.3) is 0 Å². The maximum Gasteiger partial charge on any atom is 0.269 e. The normalized spacial score (nSPS) is 24.7. The van der Waals surface area contributed by atoms with E-state index in [0.29, 0.717) is 13.0 Å². The van der Waals surface area contributed by atoms with Crippen LogP contribution in [0.1, 0.15) is 12.8 Å². The van der Waals surface area contributed by atoms with Gasteiger partial charge in [0.25, 0.3) is 6.08 Å². The Kier molecular flexibility index (Phi) is 3.55. The van der Waals surface area contributed by atoms with Gasteiger partial charge in [0.05, 0.1) is 0 Å². The number of hydrogen-bond acceptors (Lipinski definition) is 1. The Morgan fingerprint density at radius 2 is 2.29 bits per heavy atom. The minimum atomic E-state index is -2.02.